The van der Waals surface area contributed by atoms with E-state index >= 15 is 0 Å². The van der Waals surface area contributed by atoms with Crippen LogP contribution in [0.5, 0.6) is 0 Å². The molecule has 0 saturated heterocycles. The Bertz CT molecular complexity index is 375. The van der Waals surface area contributed by atoms with Gasteiger partial charge in [-0.05, 0) is 45.7 Å². The minimum absolute atomic E-state index is 0.163. The standard InChI is InChI=1S/C14H25N3OS/c1-4-8-16-14(3,11-18)7-5-10-19-13-15-9-6-12(2)17-13/h6,9,16,18H,4-5,7-8,10-11H2,1-3H3. The number of aromatic nitrogens is 2. The predicted molar refractivity (Wildman–Crippen MR) is 80.5 cm³/mol. The highest BCUT2D eigenvalue weighted by Crippen LogP contribution is 2.18. The number of nitrogens with zero attached hydrogens (tertiary/aromatic N) is 2. The molecular weight excluding hydrogens is 258 g/mol. The van der Waals surface area contributed by atoms with Crippen molar-refractivity contribution in [2.75, 3.05) is 18.9 Å². The van der Waals surface area contributed by atoms with Gasteiger partial charge in [0.25, 0.3) is 0 Å². The molecular formula is C14H25N3OS. The number of aliphatic hydroxyl groups excluding tert-OH is 1. The zero-order chi connectivity index (χ0) is 14.1. The molecule has 0 fully saturated rings. The summed E-state index contributed by atoms with van der Waals surface area (Å²) in [5, 5.41) is 13.7. The summed E-state index contributed by atoms with van der Waals surface area (Å²) in [6.07, 6.45) is 4.88. The van der Waals surface area contributed by atoms with Gasteiger partial charge in [0.15, 0.2) is 5.16 Å². The van der Waals surface area contributed by atoms with E-state index in [0.29, 0.717) is 0 Å². The number of thioether (sulfide) groups is 1. The first-order valence-corrected chi connectivity index (χ1v) is 7.86. The summed E-state index contributed by atoms with van der Waals surface area (Å²) in [7, 11) is 0. The normalized spacial score (nSPS) is 14.3. The highest BCUT2D eigenvalue weighted by molar-refractivity contribution is 7.99. The van der Waals surface area contributed by atoms with Crippen LogP contribution in [-0.4, -0.2) is 39.5 Å². The molecule has 0 aliphatic carbocycles. The van der Waals surface area contributed by atoms with E-state index in [0.717, 1.165) is 42.4 Å². The number of aryl methyl sites for hydroxylation is 1. The largest absolute Gasteiger partial charge is 0.394 e. The van der Waals surface area contributed by atoms with Crippen LogP contribution >= 0.6 is 11.8 Å². The van der Waals surface area contributed by atoms with Crippen LogP contribution in [0.15, 0.2) is 17.4 Å². The van der Waals surface area contributed by atoms with Gasteiger partial charge in [0.05, 0.1) is 6.61 Å². The molecule has 1 unspecified atom stereocenters. The average molecular weight is 283 g/mol. The Morgan fingerprint density at radius 2 is 2.26 bits per heavy atom. The van der Waals surface area contributed by atoms with Gasteiger partial charge in [-0.25, -0.2) is 9.97 Å². The second-order valence-electron chi connectivity index (χ2n) is 5.08. The van der Waals surface area contributed by atoms with Gasteiger partial charge >= 0.3 is 0 Å². The molecule has 108 valence electrons. The Morgan fingerprint density at radius 1 is 1.47 bits per heavy atom. The molecule has 1 aromatic heterocycles. The van der Waals surface area contributed by atoms with E-state index in [1.165, 1.54) is 0 Å². The molecule has 0 radical (unpaired) electrons. The van der Waals surface area contributed by atoms with E-state index in [2.05, 4.69) is 29.1 Å². The molecule has 1 rings (SSSR count). The van der Waals surface area contributed by atoms with Crippen LogP contribution in [0.25, 0.3) is 0 Å². The molecule has 0 aliphatic heterocycles. The molecule has 1 aromatic rings. The Hall–Kier alpha value is -0.650. The smallest absolute Gasteiger partial charge is 0.187 e. The molecule has 0 amide bonds. The minimum Gasteiger partial charge on any atom is -0.394 e. The van der Waals surface area contributed by atoms with Gasteiger partial charge in [0.1, 0.15) is 0 Å². The van der Waals surface area contributed by atoms with Crippen LogP contribution < -0.4 is 5.32 Å². The lowest BCUT2D eigenvalue weighted by molar-refractivity contribution is 0.165. The lowest BCUT2D eigenvalue weighted by atomic mass is 9.97. The molecule has 2 N–H and O–H groups in total. The maximum atomic E-state index is 9.47. The molecule has 1 atom stereocenters. The number of nitrogens with one attached hydrogen (secondary N) is 1. The molecule has 0 aromatic carbocycles. The zero-order valence-corrected chi connectivity index (χ0v) is 13.0. The van der Waals surface area contributed by atoms with Crippen molar-refractivity contribution in [2.24, 2.45) is 0 Å². The highest BCUT2D eigenvalue weighted by Gasteiger charge is 2.21. The van der Waals surface area contributed by atoms with Crippen molar-refractivity contribution in [3.05, 3.63) is 18.0 Å². The number of hydrogen-bond acceptors (Lipinski definition) is 5. The summed E-state index contributed by atoms with van der Waals surface area (Å²) in [4.78, 5) is 8.59. The summed E-state index contributed by atoms with van der Waals surface area (Å²) >= 11 is 1.68. The van der Waals surface area contributed by atoms with E-state index in [1.54, 1.807) is 18.0 Å². The van der Waals surface area contributed by atoms with Crippen molar-refractivity contribution in [3.8, 4) is 0 Å². The van der Waals surface area contributed by atoms with E-state index in [9.17, 15) is 5.11 Å². The predicted octanol–water partition coefficient (Wildman–Crippen LogP) is 2.41. The summed E-state index contributed by atoms with van der Waals surface area (Å²) in [6.45, 7) is 7.32. The Labute approximate surface area is 120 Å². The SMILES string of the molecule is CCCNC(C)(CO)CCCSc1nccc(C)n1. The fourth-order valence-corrected chi connectivity index (χ4v) is 2.59. The quantitative estimate of drug-likeness (QED) is 0.414. The lowest BCUT2D eigenvalue weighted by Crippen LogP contribution is -2.46. The fraction of sp³-hybridized carbons (Fsp3) is 0.714. The second kappa shape index (κ2) is 8.51. The average Bonchev–Trinajstić information content (AvgIpc) is 2.42. The fourth-order valence-electron chi connectivity index (χ4n) is 1.77. The maximum Gasteiger partial charge on any atom is 0.187 e. The van der Waals surface area contributed by atoms with Crippen LogP contribution in [0.4, 0.5) is 0 Å². The Balaban J connectivity index is 2.29. The monoisotopic (exact) mass is 283 g/mol. The molecule has 0 saturated carbocycles. The molecule has 1 heterocycles. The van der Waals surface area contributed by atoms with E-state index in [4.69, 9.17) is 0 Å². The third-order valence-electron chi connectivity index (χ3n) is 3.03. The van der Waals surface area contributed by atoms with Crippen molar-refractivity contribution in [1.29, 1.82) is 0 Å². The van der Waals surface area contributed by atoms with Crippen molar-refractivity contribution >= 4 is 11.8 Å². The number of aliphatic hydroxyl groups is 1. The summed E-state index contributed by atoms with van der Waals surface area (Å²) < 4.78 is 0. The summed E-state index contributed by atoms with van der Waals surface area (Å²) in [5.41, 5.74) is 0.839. The molecule has 5 heteroatoms. The number of hydrogen-bond donors (Lipinski definition) is 2. The van der Waals surface area contributed by atoms with Gasteiger partial charge in [-0.1, -0.05) is 18.7 Å². The summed E-state index contributed by atoms with van der Waals surface area (Å²) in [6, 6.07) is 1.90. The van der Waals surface area contributed by atoms with Crippen molar-refractivity contribution in [1.82, 2.24) is 15.3 Å². The number of rotatable bonds is 9. The first-order chi connectivity index (χ1) is 9.09. The lowest BCUT2D eigenvalue weighted by Gasteiger charge is -2.28. The van der Waals surface area contributed by atoms with Crippen LogP contribution in [0.3, 0.4) is 0 Å². The van der Waals surface area contributed by atoms with Crippen molar-refractivity contribution in [3.63, 3.8) is 0 Å². The topological polar surface area (TPSA) is 58.0 Å². The van der Waals surface area contributed by atoms with E-state index in [-0.39, 0.29) is 12.1 Å². The van der Waals surface area contributed by atoms with Gasteiger partial charge in [-0.15, -0.1) is 0 Å². The maximum absolute atomic E-state index is 9.47. The van der Waals surface area contributed by atoms with Gasteiger partial charge in [-0.2, -0.15) is 0 Å². The van der Waals surface area contributed by atoms with Crippen LogP contribution in [0.2, 0.25) is 0 Å². The molecule has 19 heavy (non-hydrogen) atoms. The molecule has 0 aliphatic rings. The third kappa shape index (κ3) is 6.36. The molecule has 0 spiro atoms. The van der Waals surface area contributed by atoms with Crippen LogP contribution in [0, 0.1) is 6.92 Å². The van der Waals surface area contributed by atoms with Crippen molar-refractivity contribution in [2.45, 2.75) is 50.7 Å². The van der Waals surface area contributed by atoms with Crippen LogP contribution in [-0.2, 0) is 0 Å². The van der Waals surface area contributed by atoms with Crippen molar-refractivity contribution < 1.29 is 5.11 Å². The van der Waals surface area contributed by atoms with E-state index in [1.807, 2.05) is 13.0 Å². The Morgan fingerprint density at radius 3 is 2.89 bits per heavy atom. The second-order valence-corrected chi connectivity index (χ2v) is 6.14. The van der Waals surface area contributed by atoms with Crippen LogP contribution in [0.1, 0.15) is 38.8 Å². The molecule has 4 nitrogen and oxygen atoms in total. The minimum atomic E-state index is -0.163. The van der Waals surface area contributed by atoms with Gasteiger partial charge in [0, 0.05) is 23.2 Å². The summed E-state index contributed by atoms with van der Waals surface area (Å²) in [5.74, 6) is 0.979. The van der Waals surface area contributed by atoms with Gasteiger partial charge in [0.2, 0.25) is 0 Å². The Kier molecular flexibility index (Phi) is 7.34. The third-order valence-corrected chi connectivity index (χ3v) is 3.98. The van der Waals surface area contributed by atoms with Gasteiger partial charge in [-0.3, -0.25) is 0 Å². The molecule has 0 bridgehead atoms. The van der Waals surface area contributed by atoms with E-state index < -0.39 is 0 Å². The highest BCUT2D eigenvalue weighted by atomic mass is 32.2. The zero-order valence-electron chi connectivity index (χ0n) is 12.1. The first kappa shape index (κ1) is 16.4. The first-order valence-electron chi connectivity index (χ1n) is 6.88. The van der Waals surface area contributed by atoms with Gasteiger partial charge < -0.3 is 10.4 Å².